The normalized spacial score (nSPS) is 32.6. The van der Waals surface area contributed by atoms with E-state index in [2.05, 4.69) is 21.9 Å². The van der Waals surface area contributed by atoms with Gasteiger partial charge in [0.05, 0.1) is 0 Å². The first-order valence-corrected chi connectivity index (χ1v) is 10.5. The standard InChI is InChI=1S/C23H24F2N2O2/c24-17-3-1-16(19(25)10-17)11-27-12-18(15-2-4-20-21(9-15)29-13-28-20)23-22(27)14-5-7-26(23)8-6-14/h1-4,9-10,14,18,22-23H,5-8,11-13H2/t18-,22+,23+/m1/s1. The summed E-state index contributed by atoms with van der Waals surface area (Å²) in [5, 5.41) is 0. The molecule has 0 unspecified atom stereocenters. The zero-order valence-electron chi connectivity index (χ0n) is 16.2. The van der Waals surface area contributed by atoms with Gasteiger partial charge in [-0.1, -0.05) is 12.1 Å². The Kier molecular flexibility index (Phi) is 4.06. The van der Waals surface area contributed by atoms with E-state index in [9.17, 15) is 8.78 Å². The highest BCUT2D eigenvalue weighted by Crippen LogP contribution is 2.48. The van der Waals surface area contributed by atoms with Gasteiger partial charge in [-0.2, -0.15) is 0 Å². The van der Waals surface area contributed by atoms with Crippen LogP contribution < -0.4 is 9.47 Å². The van der Waals surface area contributed by atoms with E-state index >= 15 is 0 Å². The Bertz CT molecular complexity index is 944. The quantitative estimate of drug-likeness (QED) is 0.786. The second-order valence-corrected chi connectivity index (χ2v) is 8.74. The zero-order chi connectivity index (χ0) is 19.5. The fraction of sp³-hybridized carbons (Fsp3) is 0.478. The van der Waals surface area contributed by atoms with Gasteiger partial charge < -0.3 is 9.47 Å². The molecule has 0 aliphatic carbocycles. The first-order chi connectivity index (χ1) is 14.2. The van der Waals surface area contributed by atoms with Crippen molar-refractivity contribution in [1.82, 2.24) is 9.80 Å². The Hall–Kier alpha value is -2.18. The van der Waals surface area contributed by atoms with E-state index in [4.69, 9.17) is 9.47 Å². The molecule has 5 aliphatic rings. The summed E-state index contributed by atoms with van der Waals surface area (Å²) in [7, 11) is 0. The molecule has 0 aromatic heterocycles. The van der Waals surface area contributed by atoms with E-state index in [1.807, 2.05) is 6.07 Å². The van der Waals surface area contributed by atoms with E-state index in [0.29, 0.717) is 36.0 Å². The summed E-state index contributed by atoms with van der Waals surface area (Å²) >= 11 is 0. The molecule has 0 amide bonds. The van der Waals surface area contributed by atoms with Crippen LogP contribution in [-0.4, -0.2) is 48.3 Å². The summed E-state index contributed by atoms with van der Waals surface area (Å²) in [4.78, 5) is 5.06. The second-order valence-electron chi connectivity index (χ2n) is 8.74. The summed E-state index contributed by atoms with van der Waals surface area (Å²) < 4.78 is 38.8. The van der Waals surface area contributed by atoms with Crippen molar-refractivity contribution in [3.05, 3.63) is 59.2 Å². The van der Waals surface area contributed by atoms with E-state index in [1.165, 1.54) is 24.5 Å². The van der Waals surface area contributed by atoms with Crippen LogP contribution in [0.5, 0.6) is 11.5 Å². The van der Waals surface area contributed by atoms with Crippen molar-refractivity contribution in [1.29, 1.82) is 0 Å². The number of benzene rings is 2. The van der Waals surface area contributed by atoms with Crippen molar-refractivity contribution in [2.45, 2.75) is 37.4 Å². The fourth-order valence-electron chi connectivity index (χ4n) is 6.03. The van der Waals surface area contributed by atoms with E-state index in [0.717, 1.165) is 37.2 Å². The van der Waals surface area contributed by atoms with Gasteiger partial charge in [0.1, 0.15) is 11.6 Å². The van der Waals surface area contributed by atoms with Gasteiger partial charge in [-0.3, -0.25) is 9.80 Å². The lowest BCUT2D eigenvalue weighted by Gasteiger charge is -2.51. The van der Waals surface area contributed by atoms with Gasteiger partial charge in [0, 0.05) is 42.7 Å². The number of nitrogens with zero attached hydrogens (tertiary/aromatic N) is 2. The van der Waals surface area contributed by atoms with Gasteiger partial charge in [0.2, 0.25) is 6.79 Å². The molecule has 0 N–H and O–H groups in total. The van der Waals surface area contributed by atoms with E-state index in [-0.39, 0.29) is 6.79 Å². The SMILES string of the molecule is Fc1ccc(CN2C[C@H](c3ccc4c(c3)OCO4)[C@H]3[C@@H]2C2CCN3CC2)c(F)c1. The van der Waals surface area contributed by atoms with Crippen LogP contribution in [0.3, 0.4) is 0 Å². The average molecular weight is 398 g/mol. The van der Waals surface area contributed by atoms with Crippen molar-refractivity contribution >= 4 is 0 Å². The molecule has 4 saturated heterocycles. The lowest BCUT2D eigenvalue weighted by Crippen LogP contribution is -2.60. The largest absolute Gasteiger partial charge is 0.454 e. The molecule has 2 aromatic rings. The van der Waals surface area contributed by atoms with E-state index < -0.39 is 11.6 Å². The maximum Gasteiger partial charge on any atom is 0.231 e. The van der Waals surface area contributed by atoms with Gasteiger partial charge in [0.25, 0.3) is 0 Å². The molecule has 152 valence electrons. The monoisotopic (exact) mass is 398 g/mol. The highest BCUT2D eigenvalue weighted by Gasteiger charge is 2.53. The topological polar surface area (TPSA) is 24.9 Å². The number of likely N-dealkylation sites (tertiary alicyclic amines) is 1. The highest BCUT2D eigenvalue weighted by atomic mass is 19.1. The van der Waals surface area contributed by atoms with Crippen LogP contribution in [0.25, 0.3) is 0 Å². The predicted molar refractivity (Wildman–Crippen MR) is 104 cm³/mol. The zero-order valence-corrected chi connectivity index (χ0v) is 16.2. The number of piperidine rings is 3. The smallest absolute Gasteiger partial charge is 0.231 e. The molecule has 2 bridgehead atoms. The van der Waals surface area contributed by atoms with Gasteiger partial charge >= 0.3 is 0 Å². The van der Waals surface area contributed by atoms with Gasteiger partial charge in [-0.25, -0.2) is 8.78 Å². The Morgan fingerprint density at radius 2 is 1.76 bits per heavy atom. The van der Waals surface area contributed by atoms with Crippen LogP contribution in [0, 0.1) is 17.6 Å². The summed E-state index contributed by atoms with van der Waals surface area (Å²) in [6.45, 7) is 3.97. The van der Waals surface area contributed by atoms with Crippen LogP contribution in [0.4, 0.5) is 8.78 Å². The van der Waals surface area contributed by atoms with Crippen molar-refractivity contribution in [3.8, 4) is 11.5 Å². The Morgan fingerprint density at radius 3 is 2.59 bits per heavy atom. The molecule has 5 heterocycles. The van der Waals surface area contributed by atoms with Crippen molar-refractivity contribution in [3.63, 3.8) is 0 Å². The van der Waals surface area contributed by atoms with E-state index in [1.54, 1.807) is 6.07 Å². The molecule has 0 saturated carbocycles. The van der Waals surface area contributed by atoms with Crippen LogP contribution in [0.2, 0.25) is 0 Å². The molecular formula is C23H24F2N2O2. The second kappa shape index (κ2) is 6.67. The van der Waals surface area contributed by atoms with Crippen molar-refractivity contribution in [2.24, 2.45) is 5.92 Å². The van der Waals surface area contributed by atoms with Crippen molar-refractivity contribution in [2.75, 3.05) is 26.4 Å². The molecule has 4 fully saturated rings. The molecule has 29 heavy (non-hydrogen) atoms. The summed E-state index contributed by atoms with van der Waals surface area (Å²) in [6.07, 6.45) is 2.41. The average Bonchev–Trinajstić information content (AvgIpc) is 3.36. The molecule has 0 radical (unpaired) electrons. The number of halogens is 2. The molecule has 7 rings (SSSR count). The number of hydrogen-bond acceptors (Lipinski definition) is 4. The number of fused-ring (bicyclic) bond motifs is 3. The highest BCUT2D eigenvalue weighted by molar-refractivity contribution is 5.46. The molecule has 6 heteroatoms. The molecule has 2 aromatic carbocycles. The number of rotatable bonds is 3. The van der Waals surface area contributed by atoms with Crippen LogP contribution in [0.1, 0.15) is 29.9 Å². The molecule has 4 nitrogen and oxygen atoms in total. The van der Waals surface area contributed by atoms with Gasteiger partial charge in [-0.05, 0) is 55.6 Å². The lowest BCUT2D eigenvalue weighted by atomic mass is 9.75. The first kappa shape index (κ1) is 17.7. The maximum atomic E-state index is 14.4. The van der Waals surface area contributed by atoms with Gasteiger partial charge in [-0.15, -0.1) is 0 Å². The Labute approximate surface area is 169 Å². The molecule has 3 atom stereocenters. The Balaban J connectivity index is 1.34. The summed E-state index contributed by atoms with van der Waals surface area (Å²) in [5.74, 6) is 1.65. The minimum Gasteiger partial charge on any atom is -0.454 e. The molecule has 0 spiro atoms. The minimum absolute atomic E-state index is 0.277. The van der Waals surface area contributed by atoms with Crippen molar-refractivity contribution < 1.29 is 18.3 Å². The minimum atomic E-state index is -0.522. The number of hydrogen-bond donors (Lipinski definition) is 0. The first-order valence-electron chi connectivity index (χ1n) is 10.5. The van der Waals surface area contributed by atoms with Crippen LogP contribution in [-0.2, 0) is 6.54 Å². The lowest BCUT2D eigenvalue weighted by molar-refractivity contribution is -0.00893. The number of ether oxygens (including phenoxy) is 2. The Morgan fingerprint density at radius 1 is 0.931 bits per heavy atom. The fourth-order valence-corrected chi connectivity index (χ4v) is 6.03. The third-order valence-corrected chi connectivity index (χ3v) is 7.31. The van der Waals surface area contributed by atoms with Gasteiger partial charge in [0.15, 0.2) is 11.5 Å². The summed E-state index contributed by atoms with van der Waals surface area (Å²) in [6, 6.07) is 11.1. The third kappa shape index (κ3) is 2.84. The molecule has 5 aliphatic heterocycles. The summed E-state index contributed by atoms with van der Waals surface area (Å²) in [5.41, 5.74) is 1.84. The third-order valence-electron chi connectivity index (χ3n) is 7.31. The van der Waals surface area contributed by atoms with Crippen LogP contribution >= 0.6 is 0 Å². The van der Waals surface area contributed by atoms with Crippen LogP contribution in [0.15, 0.2) is 36.4 Å². The predicted octanol–water partition coefficient (Wildman–Crippen LogP) is 3.76. The maximum absolute atomic E-state index is 14.4. The molecular weight excluding hydrogens is 374 g/mol.